The van der Waals surface area contributed by atoms with E-state index in [0.29, 0.717) is 0 Å². The molecule has 2 aromatic rings. The molecule has 0 atom stereocenters. The van der Waals surface area contributed by atoms with Crippen molar-refractivity contribution >= 4 is 22.6 Å². The lowest BCUT2D eigenvalue weighted by molar-refractivity contribution is 0.728. The van der Waals surface area contributed by atoms with Gasteiger partial charge in [-0.1, -0.05) is 25.1 Å². The molecule has 1 aromatic heterocycles. The Morgan fingerprint density at radius 1 is 1.38 bits per heavy atom. The zero-order valence-corrected chi connectivity index (χ0v) is 11.3. The molecule has 84 valence electrons. The lowest BCUT2D eigenvalue weighted by atomic mass is 10.1. The fourth-order valence-corrected chi connectivity index (χ4v) is 2.26. The summed E-state index contributed by atoms with van der Waals surface area (Å²) < 4.78 is 1.24. The number of hydrogen-bond acceptors (Lipinski definition) is 2. The Kier molecular flexibility index (Phi) is 3.95. The van der Waals surface area contributed by atoms with Crippen LogP contribution in [0.3, 0.4) is 0 Å². The summed E-state index contributed by atoms with van der Waals surface area (Å²) in [4.78, 5) is 0. The van der Waals surface area contributed by atoms with Crippen LogP contribution in [0.5, 0.6) is 0 Å². The van der Waals surface area contributed by atoms with Gasteiger partial charge in [-0.2, -0.15) is 5.10 Å². The molecule has 0 saturated heterocycles. The van der Waals surface area contributed by atoms with Gasteiger partial charge in [-0.05, 0) is 35.2 Å². The second kappa shape index (κ2) is 5.45. The molecule has 1 heterocycles. The molecule has 1 aromatic carbocycles. The Hall–Kier alpha value is -0.880. The number of hydrogen-bond donors (Lipinski definition) is 2. The van der Waals surface area contributed by atoms with Crippen molar-refractivity contribution in [3.05, 3.63) is 39.6 Å². The van der Waals surface area contributed by atoms with E-state index in [1.54, 1.807) is 0 Å². The molecule has 0 bridgehead atoms. The number of halogens is 1. The van der Waals surface area contributed by atoms with E-state index < -0.39 is 0 Å². The number of nitrogens with zero attached hydrogens (tertiary/aromatic N) is 1. The van der Waals surface area contributed by atoms with Gasteiger partial charge < -0.3 is 5.32 Å². The Morgan fingerprint density at radius 3 is 2.94 bits per heavy atom. The number of nitrogens with one attached hydrogen (secondary N) is 2. The third kappa shape index (κ3) is 2.44. The van der Waals surface area contributed by atoms with Gasteiger partial charge >= 0.3 is 0 Å². The van der Waals surface area contributed by atoms with Gasteiger partial charge in [0.25, 0.3) is 0 Å². The largest absolute Gasteiger partial charge is 0.313 e. The summed E-state index contributed by atoms with van der Waals surface area (Å²) in [6.45, 7) is 3.93. The van der Waals surface area contributed by atoms with Crippen molar-refractivity contribution in [2.75, 3.05) is 6.54 Å². The molecule has 4 heteroatoms. The predicted octanol–water partition coefficient (Wildman–Crippen LogP) is 2.79. The summed E-state index contributed by atoms with van der Waals surface area (Å²) in [6.07, 6.45) is 1.89. The van der Waals surface area contributed by atoms with Gasteiger partial charge in [0.15, 0.2) is 0 Å². The highest BCUT2D eigenvalue weighted by Crippen LogP contribution is 2.25. The van der Waals surface area contributed by atoms with Crippen LogP contribution in [-0.2, 0) is 6.54 Å². The smallest absolute Gasteiger partial charge is 0.0705 e. The fourth-order valence-electron chi connectivity index (χ4n) is 1.60. The molecular formula is C12H14IN3. The minimum Gasteiger partial charge on any atom is -0.313 e. The van der Waals surface area contributed by atoms with Crippen molar-refractivity contribution in [1.29, 1.82) is 0 Å². The number of H-pyrrole nitrogens is 1. The van der Waals surface area contributed by atoms with Crippen LogP contribution in [0.1, 0.15) is 12.5 Å². The molecule has 0 spiro atoms. The molecule has 16 heavy (non-hydrogen) atoms. The van der Waals surface area contributed by atoms with Gasteiger partial charge in [0.05, 0.1) is 11.9 Å². The van der Waals surface area contributed by atoms with Crippen LogP contribution >= 0.6 is 22.6 Å². The highest BCUT2D eigenvalue weighted by atomic mass is 127. The van der Waals surface area contributed by atoms with E-state index >= 15 is 0 Å². The van der Waals surface area contributed by atoms with Crippen LogP contribution in [0.4, 0.5) is 0 Å². The molecular weight excluding hydrogens is 313 g/mol. The van der Waals surface area contributed by atoms with Gasteiger partial charge in [0, 0.05) is 21.2 Å². The van der Waals surface area contributed by atoms with Gasteiger partial charge in [-0.15, -0.1) is 0 Å². The molecule has 3 nitrogen and oxygen atoms in total. The monoisotopic (exact) mass is 327 g/mol. The molecule has 0 radical (unpaired) electrons. The molecule has 0 aliphatic heterocycles. The number of aromatic nitrogens is 2. The summed E-state index contributed by atoms with van der Waals surface area (Å²) >= 11 is 2.35. The lowest BCUT2D eigenvalue weighted by Gasteiger charge is -2.05. The van der Waals surface area contributed by atoms with E-state index in [2.05, 4.69) is 63.2 Å². The molecule has 2 N–H and O–H groups in total. The highest BCUT2D eigenvalue weighted by molar-refractivity contribution is 14.1. The van der Waals surface area contributed by atoms with Crippen molar-refractivity contribution in [3.63, 3.8) is 0 Å². The number of benzene rings is 1. The topological polar surface area (TPSA) is 40.7 Å². The summed E-state index contributed by atoms with van der Waals surface area (Å²) in [5.41, 5.74) is 3.55. The first-order chi connectivity index (χ1) is 7.83. The minimum atomic E-state index is 0.854. The van der Waals surface area contributed by atoms with Crippen LogP contribution in [0.2, 0.25) is 0 Å². The molecule has 0 aliphatic carbocycles. The van der Waals surface area contributed by atoms with Crippen molar-refractivity contribution in [2.45, 2.75) is 13.5 Å². The highest BCUT2D eigenvalue weighted by Gasteiger charge is 2.09. The van der Waals surface area contributed by atoms with E-state index in [4.69, 9.17) is 0 Å². The van der Waals surface area contributed by atoms with E-state index in [-0.39, 0.29) is 0 Å². The van der Waals surface area contributed by atoms with Gasteiger partial charge in [-0.25, -0.2) is 0 Å². The maximum Gasteiger partial charge on any atom is 0.0705 e. The summed E-state index contributed by atoms with van der Waals surface area (Å²) in [5.74, 6) is 0. The minimum absolute atomic E-state index is 0.854. The average Bonchev–Trinajstić information content (AvgIpc) is 2.75. The average molecular weight is 327 g/mol. The third-order valence-corrected chi connectivity index (χ3v) is 3.37. The van der Waals surface area contributed by atoms with E-state index in [0.717, 1.165) is 18.8 Å². The maximum atomic E-state index is 4.12. The Bertz CT molecular complexity index is 465. The quantitative estimate of drug-likeness (QED) is 0.848. The molecule has 0 saturated carbocycles. The second-order valence-corrected chi connectivity index (χ2v) is 4.69. The molecule has 0 fully saturated rings. The Labute approximate surface area is 109 Å². The Morgan fingerprint density at radius 2 is 2.19 bits per heavy atom. The zero-order valence-electron chi connectivity index (χ0n) is 9.13. The van der Waals surface area contributed by atoms with Gasteiger partial charge in [0.2, 0.25) is 0 Å². The van der Waals surface area contributed by atoms with Crippen LogP contribution < -0.4 is 5.32 Å². The van der Waals surface area contributed by atoms with Crippen molar-refractivity contribution in [1.82, 2.24) is 15.5 Å². The number of aromatic amines is 1. The first-order valence-corrected chi connectivity index (χ1v) is 6.38. The lowest BCUT2D eigenvalue weighted by Crippen LogP contribution is -2.11. The van der Waals surface area contributed by atoms with E-state index in [1.165, 1.54) is 14.7 Å². The van der Waals surface area contributed by atoms with Gasteiger partial charge in [0.1, 0.15) is 0 Å². The van der Waals surface area contributed by atoms with Crippen LogP contribution in [0, 0.1) is 3.57 Å². The van der Waals surface area contributed by atoms with Crippen LogP contribution in [0.25, 0.3) is 11.3 Å². The van der Waals surface area contributed by atoms with E-state index in [1.807, 2.05) is 12.3 Å². The van der Waals surface area contributed by atoms with Crippen molar-refractivity contribution < 1.29 is 0 Å². The predicted molar refractivity (Wildman–Crippen MR) is 74.1 cm³/mol. The number of rotatable bonds is 4. The molecule has 0 aliphatic rings. The van der Waals surface area contributed by atoms with Crippen LogP contribution in [-0.4, -0.2) is 16.7 Å². The zero-order chi connectivity index (χ0) is 11.4. The fraction of sp³-hybridized carbons (Fsp3) is 0.250. The standard InChI is InChI=1S/C12H14IN3/c1-2-14-7-9-8-15-16-12(9)10-5-3-4-6-11(10)13/h3-6,8,14H,2,7H2,1H3,(H,15,16). The van der Waals surface area contributed by atoms with Crippen molar-refractivity contribution in [2.24, 2.45) is 0 Å². The van der Waals surface area contributed by atoms with Gasteiger partial charge in [-0.3, -0.25) is 5.10 Å². The summed E-state index contributed by atoms with van der Waals surface area (Å²) in [7, 11) is 0. The first-order valence-electron chi connectivity index (χ1n) is 5.30. The Balaban J connectivity index is 2.33. The maximum absolute atomic E-state index is 4.12. The normalized spacial score (nSPS) is 10.6. The van der Waals surface area contributed by atoms with Crippen molar-refractivity contribution in [3.8, 4) is 11.3 Å². The summed E-state index contributed by atoms with van der Waals surface area (Å²) in [5, 5.41) is 10.5. The molecule has 0 amide bonds. The van der Waals surface area contributed by atoms with E-state index in [9.17, 15) is 0 Å². The first kappa shape index (κ1) is 11.6. The summed E-state index contributed by atoms with van der Waals surface area (Å²) in [6, 6.07) is 8.32. The van der Waals surface area contributed by atoms with Crippen LogP contribution in [0.15, 0.2) is 30.5 Å². The molecule has 0 unspecified atom stereocenters. The molecule has 2 rings (SSSR count). The second-order valence-electron chi connectivity index (χ2n) is 3.53. The third-order valence-electron chi connectivity index (χ3n) is 2.43. The SMILES string of the molecule is CCNCc1cn[nH]c1-c1ccccc1I.